The molecular weight excluding hydrogens is 192 g/mol. The molecule has 3 heteroatoms. The summed E-state index contributed by atoms with van der Waals surface area (Å²) in [4.78, 5) is 10.6. The SMILES string of the molecule is CC.O=C(O)C1CCc2ccccc2O1. The van der Waals surface area contributed by atoms with Gasteiger partial charge in [0.1, 0.15) is 5.75 Å². The molecule has 0 amide bonds. The van der Waals surface area contributed by atoms with Gasteiger partial charge in [-0.25, -0.2) is 4.79 Å². The van der Waals surface area contributed by atoms with E-state index in [0.29, 0.717) is 12.2 Å². The minimum absolute atomic E-state index is 0.562. The van der Waals surface area contributed by atoms with Gasteiger partial charge in [0.05, 0.1) is 0 Å². The third-order valence-corrected chi connectivity index (χ3v) is 2.19. The van der Waals surface area contributed by atoms with Crippen LogP contribution in [0.5, 0.6) is 5.75 Å². The van der Waals surface area contributed by atoms with E-state index in [9.17, 15) is 4.79 Å². The zero-order valence-corrected chi connectivity index (χ0v) is 9.06. The van der Waals surface area contributed by atoms with Gasteiger partial charge >= 0.3 is 5.97 Å². The van der Waals surface area contributed by atoms with Gasteiger partial charge in [-0.1, -0.05) is 32.0 Å². The van der Waals surface area contributed by atoms with Crippen LogP contribution in [0.3, 0.4) is 0 Å². The van der Waals surface area contributed by atoms with Gasteiger partial charge in [-0.2, -0.15) is 0 Å². The van der Waals surface area contributed by atoms with Gasteiger partial charge in [0.25, 0.3) is 0 Å². The Morgan fingerprint density at radius 3 is 2.73 bits per heavy atom. The number of para-hydroxylation sites is 1. The molecule has 0 aliphatic carbocycles. The second-order valence-corrected chi connectivity index (χ2v) is 3.09. The summed E-state index contributed by atoms with van der Waals surface area (Å²) in [5.41, 5.74) is 1.10. The second kappa shape index (κ2) is 5.39. The summed E-state index contributed by atoms with van der Waals surface area (Å²) in [7, 11) is 0. The monoisotopic (exact) mass is 208 g/mol. The molecule has 1 aromatic rings. The molecule has 0 bridgehead atoms. The first-order valence-electron chi connectivity index (χ1n) is 5.25. The first-order chi connectivity index (χ1) is 7.27. The zero-order chi connectivity index (χ0) is 11.3. The minimum Gasteiger partial charge on any atom is -0.479 e. The highest BCUT2D eigenvalue weighted by atomic mass is 16.5. The first kappa shape index (κ1) is 11.6. The summed E-state index contributed by atoms with van der Waals surface area (Å²) < 4.78 is 5.29. The van der Waals surface area contributed by atoms with Crippen molar-refractivity contribution in [2.24, 2.45) is 0 Å². The molecule has 0 fully saturated rings. The number of carbonyl (C=O) groups is 1. The third kappa shape index (κ3) is 2.72. The summed E-state index contributed by atoms with van der Waals surface area (Å²) in [5.74, 6) is -0.171. The Hall–Kier alpha value is -1.51. The minimum atomic E-state index is -0.880. The van der Waals surface area contributed by atoms with Gasteiger partial charge in [0.2, 0.25) is 0 Å². The maximum absolute atomic E-state index is 10.6. The molecule has 0 saturated heterocycles. The molecule has 82 valence electrons. The molecular formula is C12H16O3. The maximum atomic E-state index is 10.6. The molecule has 0 spiro atoms. The van der Waals surface area contributed by atoms with Crippen molar-refractivity contribution >= 4 is 5.97 Å². The van der Waals surface area contributed by atoms with E-state index >= 15 is 0 Å². The average Bonchev–Trinajstić information content (AvgIpc) is 2.31. The van der Waals surface area contributed by atoms with Crippen LogP contribution in [0.15, 0.2) is 24.3 Å². The number of hydrogen-bond donors (Lipinski definition) is 1. The van der Waals surface area contributed by atoms with Crippen LogP contribution < -0.4 is 4.74 Å². The Morgan fingerprint density at radius 1 is 1.40 bits per heavy atom. The van der Waals surface area contributed by atoms with Crippen LogP contribution in [-0.4, -0.2) is 17.2 Å². The Balaban J connectivity index is 0.000000531. The Labute approximate surface area is 89.7 Å². The number of carboxylic acids is 1. The molecule has 1 aromatic carbocycles. The molecule has 3 nitrogen and oxygen atoms in total. The largest absolute Gasteiger partial charge is 0.479 e. The number of fused-ring (bicyclic) bond motifs is 1. The van der Waals surface area contributed by atoms with Crippen molar-refractivity contribution in [1.29, 1.82) is 0 Å². The fourth-order valence-corrected chi connectivity index (χ4v) is 1.50. The van der Waals surface area contributed by atoms with Crippen LogP contribution in [-0.2, 0) is 11.2 Å². The lowest BCUT2D eigenvalue weighted by atomic mass is 10.0. The normalized spacial score (nSPS) is 17.9. The van der Waals surface area contributed by atoms with Crippen molar-refractivity contribution in [1.82, 2.24) is 0 Å². The van der Waals surface area contributed by atoms with Crippen LogP contribution in [0, 0.1) is 0 Å². The molecule has 0 saturated carbocycles. The lowest BCUT2D eigenvalue weighted by Gasteiger charge is -2.22. The standard InChI is InChI=1S/C10H10O3.C2H6/c11-10(12)9-6-5-7-3-1-2-4-8(7)13-9;1-2/h1-4,9H,5-6H2,(H,11,12);1-2H3. The number of aryl methyl sites for hydroxylation is 1. The van der Waals surface area contributed by atoms with E-state index in [1.807, 2.05) is 38.1 Å². The Morgan fingerprint density at radius 2 is 2.07 bits per heavy atom. The highest BCUT2D eigenvalue weighted by molar-refractivity contribution is 5.73. The molecule has 2 rings (SSSR count). The summed E-state index contributed by atoms with van der Waals surface area (Å²) in [5, 5.41) is 8.74. The summed E-state index contributed by atoms with van der Waals surface area (Å²) in [6.45, 7) is 4.00. The lowest BCUT2D eigenvalue weighted by Crippen LogP contribution is -2.30. The fourth-order valence-electron chi connectivity index (χ4n) is 1.50. The zero-order valence-electron chi connectivity index (χ0n) is 9.06. The van der Waals surface area contributed by atoms with Gasteiger partial charge in [0.15, 0.2) is 6.10 Å². The van der Waals surface area contributed by atoms with Gasteiger partial charge < -0.3 is 9.84 Å². The summed E-state index contributed by atoms with van der Waals surface area (Å²) >= 11 is 0. The maximum Gasteiger partial charge on any atom is 0.344 e. The molecule has 0 aromatic heterocycles. The van der Waals surface area contributed by atoms with Crippen molar-refractivity contribution in [2.75, 3.05) is 0 Å². The number of rotatable bonds is 1. The predicted molar refractivity (Wildman–Crippen MR) is 58.2 cm³/mol. The number of aliphatic carboxylic acids is 1. The molecule has 1 aliphatic rings. The van der Waals surface area contributed by atoms with E-state index < -0.39 is 12.1 Å². The van der Waals surface area contributed by atoms with E-state index in [-0.39, 0.29) is 0 Å². The molecule has 1 aliphatic heterocycles. The van der Waals surface area contributed by atoms with Crippen molar-refractivity contribution in [3.05, 3.63) is 29.8 Å². The molecule has 1 heterocycles. The smallest absolute Gasteiger partial charge is 0.344 e. The second-order valence-electron chi connectivity index (χ2n) is 3.09. The van der Waals surface area contributed by atoms with Gasteiger partial charge in [-0.15, -0.1) is 0 Å². The van der Waals surface area contributed by atoms with Crippen molar-refractivity contribution in [3.8, 4) is 5.75 Å². The molecule has 0 radical (unpaired) electrons. The first-order valence-corrected chi connectivity index (χ1v) is 5.25. The number of carboxylic acid groups (broad SMARTS) is 1. The van der Waals surface area contributed by atoms with Crippen LogP contribution in [0.1, 0.15) is 25.8 Å². The van der Waals surface area contributed by atoms with Gasteiger partial charge in [0, 0.05) is 0 Å². The lowest BCUT2D eigenvalue weighted by molar-refractivity contribution is -0.145. The van der Waals surface area contributed by atoms with Crippen LogP contribution >= 0.6 is 0 Å². The van der Waals surface area contributed by atoms with Gasteiger partial charge in [-0.05, 0) is 24.5 Å². The van der Waals surface area contributed by atoms with E-state index in [0.717, 1.165) is 12.0 Å². The van der Waals surface area contributed by atoms with E-state index in [1.165, 1.54) is 0 Å². The van der Waals surface area contributed by atoms with Crippen LogP contribution in [0.4, 0.5) is 0 Å². The van der Waals surface area contributed by atoms with Gasteiger partial charge in [-0.3, -0.25) is 0 Å². The molecule has 1 N–H and O–H groups in total. The van der Waals surface area contributed by atoms with Crippen molar-refractivity contribution in [3.63, 3.8) is 0 Å². The third-order valence-electron chi connectivity index (χ3n) is 2.19. The number of hydrogen-bond acceptors (Lipinski definition) is 2. The Bertz CT molecular complexity index is 333. The quantitative estimate of drug-likeness (QED) is 0.771. The average molecular weight is 208 g/mol. The molecule has 1 unspecified atom stereocenters. The van der Waals surface area contributed by atoms with E-state index in [2.05, 4.69) is 0 Å². The Kier molecular flexibility index (Phi) is 4.16. The van der Waals surface area contributed by atoms with E-state index in [1.54, 1.807) is 0 Å². The highest BCUT2D eigenvalue weighted by Crippen LogP contribution is 2.26. The predicted octanol–water partition coefficient (Wildman–Crippen LogP) is 2.49. The molecule has 1 atom stereocenters. The summed E-state index contributed by atoms with van der Waals surface area (Å²) in [6, 6.07) is 7.56. The van der Waals surface area contributed by atoms with Crippen molar-refractivity contribution < 1.29 is 14.6 Å². The fraction of sp³-hybridized carbons (Fsp3) is 0.417. The van der Waals surface area contributed by atoms with Crippen LogP contribution in [0.2, 0.25) is 0 Å². The number of benzene rings is 1. The van der Waals surface area contributed by atoms with Crippen molar-refractivity contribution in [2.45, 2.75) is 32.8 Å². The highest BCUT2D eigenvalue weighted by Gasteiger charge is 2.24. The topological polar surface area (TPSA) is 46.5 Å². The van der Waals surface area contributed by atoms with E-state index in [4.69, 9.17) is 9.84 Å². The summed E-state index contributed by atoms with van der Waals surface area (Å²) in [6.07, 6.45) is 0.675. The van der Waals surface area contributed by atoms with Crippen LogP contribution in [0.25, 0.3) is 0 Å². The molecule has 15 heavy (non-hydrogen) atoms. The number of ether oxygens (including phenoxy) is 1.